The van der Waals surface area contributed by atoms with Crippen LogP contribution in [-0.2, 0) is 17.6 Å². The van der Waals surface area contributed by atoms with Crippen molar-refractivity contribution in [3.8, 4) is 5.75 Å². The van der Waals surface area contributed by atoms with E-state index in [-0.39, 0.29) is 5.97 Å². The molecule has 0 aromatic heterocycles. The molecule has 0 saturated heterocycles. The van der Waals surface area contributed by atoms with Gasteiger partial charge in [-0.05, 0) is 29.2 Å². The molecule has 2 aromatic carbocycles. The van der Waals surface area contributed by atoms with Crippen LogP contribution in [0.3, 0.4) is 0 Å². The first-order valence-corrected chi connectivity index (χ1v) is 6.53. The lowest BCUT2D eigenvalue weighted by Gasteiger charge is -2.09. The highest BCUT2D eigenvalue weighted by molar-refractivity contribution is 5.69. The van der Waals surface area contributed by atoms with E-state index in [1.54, 1.807) is 0 Å². The summed E-state index contributed by atoms with van der Waals surface area (Å²) in [4.78, 5) is 11.1. The average molecular weight is 254 g/mol. The maximum atomic E-state index is 11.1. The van der Waals surface area contributed by atoms with Gasteiger partial charge in [-0.25, -0.2) is 0 Å². The number of rotatable bonds is 4. The van der Waals surface area contributed by atoms with E-state index >= 15 is 0 Å². The first-order valence-electron chi connectivity index (χ1n) is 6.53. The minimum absolute atomic E-state index is 0.284. The Morgan fingerprint density at radius 1 is 1.00 bits per heavy atom. The van der Waals surface area contributed by atoms with Gasteiger partial charge >= 0.3 is 5.97 Å². The summed E-state index contributed by atoms with van der Waals surface area (Å²) >= 11 is 0. The third kappa shape index (κ3) is 3.68. The highest BCUT2D eigenvalue weighted by Gasteiger charge is 2.06. The Morgan fingerprint density at radius 3 is 2.26 bits per heavy atom. The molecule has 2 nitrogen and oxygen atoms in total. The Bertz CT molecular complexity index is 556. The summed E-state index contributed by atoms with van der Waals surface area (Å²) in [6, 6.07) is 16.2. The predicted octanol–water partition coefficient (Wildman–Crippen LogP) is 3.77. The van der Waals surface area contributed by atoms with E-state index in [9.17, 15) is 4.79 Å². The average Bonchev–Trinajstić information content (AvgIpc) is 2.41. The van der Waals surface area contributed by atoms with Crippen molar-refractivity contribution >= 4 is 5.97 Å². The van der Waals surface area contributed by atoms with E-state index in [0.29, 0.717) is 5.75 Å². The van der Waals surface area contributed by atoms with Crippen molar-refractivity contribution in [2.24, 2.45) is 0 Å². The lowest BCUT2D eigenvalue weighted by molar-refractivity contribution is -0.131. The molecule has 0 radical (unpaired) electrons. The number of carbonyl (C=O) groups is 1. The van der Waals surface area contributed by atoms with Gasteiger partial charge in [0.1, 0.15) is 5.75 Å². The third-order valence-corrected chi connectivity index (χ3v) is 3.05. The van der Waals surface area contributed by atoms with Gasteiger partial charge in [0, 0.05) is 13.3 Å². The molecule has 0 aliphatic rings. The molecule has 0 bridgehead atoms. The zero-order valence-corrected chi connectivity index (χ0v) is 11.3. The molecule has 0 unspecified atom stereocenters. The molecule has 0 fully saturated rings. The van der Waals surface area contributed by atoms with Crippen LogP contribution in [0.1, 0.15) is 30.5 Å². The maximum Gasteiger partial charge on any atom is 0.308 e. The second kappa shape index (κ2) is 6.19. The van der Waals surface area contributed by atoms with Gasteiger partial charge in [0.15, 0.2) is 0 Å². The Morgan fingerprint density at radius 2 is 1.63 bits per heavy atom. The lowest BCUT2D eigenvalue weighted by atomic mass is 10.0. The summed E-state index contributed by atoms with van der Waals surface area (Å²) in [5.74, 6) is 0.364. The zero-order valence-electron chi connectivity index (χ0n) is 11.3. The Kier molecular flexibility index (Phi) is 4.35. The van der Waals surface area contributed by atoms with E-state index in [0.717, 1.165) is 18.4 Å². The number of benzene rings is 2. The number of para-hydroxylation sites is 1. The molecule has 0 aliphatic heterocycles. The summed E-state index contributed by atoms with van der Waals surface area (Å²) < 4.78 is 5.22. The molecule has 0 aliphatic carbocycles. The van der Waals surface area contributed by atoms with Gasteiger partial charge in [0.25, 0.3) is 0 Å². The monoisotopic (exact) mass is 254 g/mol. The van der Waals surface area contributed by atoms with Crippen LogP contribution in [0.4, 0.5) is 0 Å². The maximum absolute atomic E-state index is 11.1. The molecule has 0 atom stereocenters. The van der Waals surface area contributed by atoms with E-state index in [2.05, 4.69) is 31.2 Å². The third-order valence-electron chi connectivity index (χ3n) is 3.05. The molecule has 2 aromatic rings. The highest BCUT2D eigenvalue weighted by Crippen LogP contribution is 2.21. The van der Waals surface area contributed by atoms with Gasteiger partial charge in [0.2, 0.25) is 0 Å². The number of esters is 1. The van der Waals surface area contributed by atoms with Crippen molar-refractivity contribution in [3.05, 3.63) is 65.2 Å². The van der Waals surface area contributed by atoms with Crippen molar-refractivity contribution in [1.29, 1.82) is 0 Å². The van der Waals surface area contributed by atoms with Crippen LogP contribution in [-0.4, -0.2) is 5.97 Å². The van der Waals surface area contributed by atoms with E-state index in [1.807, 2.05) is 24.3 Å². The van der Waals surface area contributed by atoms with Crippen molar-refractivity contribution in [3.63, 3.8) is 0 Å². The second-order valence-corrected chi connectivity index (χ2v) is 4.55. The summed E-state index contributed by atoms with van der Waals surface area (Å²) in [6.45, 7) is 3.57. The van der Waals surface area contributed by atoms with Crippen LogP contribution in [0.2, 0.25) is 0 Å². The fourth-order valence-corrected chi connectivity index (χ4v) is 2.02. The molecule has 0 saturated carbocycles. The quantitative estimate of drug-likeness (QED) is 0.613. The molecule has 0 N–H and O–H groups in total. The van der Waals surface area contributed by atoms with Gasteiger partial charge in [-0.2, -0.15) is 0 Å². The number of aryl methyl sites for hydroxylation is 1. The normalized spacial score (nSPS) is 10.2. The summed E-state index contributed by atoms with van der Waals surface area (Å²) in [5.41, 5.74) is 3.58. The SMILES string of the molecule is CCc1ccc(Cc2ccccc2OC(C)=O)cc1. The zero-order chi connectivity index (χ0) is 13.7. The van der Waals surface area contributed by atoms with Crippen LogP contribution in [0.5, 0.6) is 5.75 Å². The van der Waals surface area contributed by atoms with Crippen molar-refractivity contribution in [2.75, 3.05) is 0 Å². The van der Waals surface area contributed by atoms with Crippen LogP contribution in [0.15, 0.2) is 48.5 Å². The lowest BCUT2D eigenvalue weighted by Crippen LogP contribution is -2.04. The van der Waals surface area contributed by atoms with Crippen molar-refractivity contribution in [1.82, 2.24) is 0 Å². The molecule has 0 amide bonds. The van der Waals surface area contributed by atoms with E-state index in [1.165, 1.54) is 18.1 Å². The smallest absolute Gasteiger partial charge is 0.308 e. The molecule has 2 heteroatoms. The molecule has 0 spiro atoms. The summed E-state index contributed by atoms with van der Waals surface area (Å²) in [6.07, 6.45) is 1.82. The first kappa shape index (κ1) is 13.3. The molecular weight excluding hydrogens is 236 g/mol. The molecule has 2 rings (SSSR count). The summed E-state index contributed by atoms with van der Waals surface area (Å²) in [5, 5.41) is 0. The summed E-state index contributed by atoms with van der Waals surface area (Å²) in [7, 11) is 0. The molecule has 0 heterocycles. The predicted molar refractivity (Wildman–Crippen MR) is 76.4 cm³/mol. The van der Waals surface area contributed by atoms with Crippen LogP contribution in [0.25, 0.3) is 0 Å². The number of carbonyl (C=O) groups excluding carboxylic acids is 1. The highest BCUT2D eigenvalue weighted by atomic mass is 16.5. The molecular formula is C17H18O2. The fourth-order valence-electron chi connectivity index (χ4n) is 2.02. The van der Waals surface area contributed by atoms with Gasteiger partial charge < -0.3 is 4.74 Å². The van der Waals surface area contributed by atoms with Gasteiger partial charge in [-0.1, -0.05) is 49.4 Å². The largest absolute Gasteiger partial charge is 0.426 e. The Labute approximate surface area is 114 Å². The Hall–Kier alpha value is -2.09. The van der Waals surface area contributed by atoms with E-state index < -0.39 is 0 Å². The van der Waals surface area contributed by atoms with Gasteiger partial charge in [-0.3, -0.25) is 4.79 Å². The van der Waals surface area contributed by atoms with Crippen LogP contribution in [0, 0.1) is 0 Å². The number of ether oxygens (including phenoxy) is 1. The fraction of sp³-hybridized carbons (Fsp3) is 0.235. The van der Waals surface area contributed by atoms with Crippen molar-refractivity contribution < 1.29 is 9.53 Å². The first-order chi connectivity index (χ1) is 9.19. The molecule has 98 valence electrons. The number of hydrogen-bond donors (Lipinski definition) is 0. The Balaban J connectivity index is 2.19. The number of hydrogen-bond acceptors (Lipinski definition) is 2. The topological polar surface area (TPSA) is 26.3 Å². The van der Waals surface area contributed by atoms with Crippen LogP contribution < -0.4 is 4.74 Å². The minimum atomic E-state index is -0.284. The standard InChI is InChI=1S/C17H18O2/c1-3-14-8-10-15(11-9-14)12-16-6-4-5-7-17(16)19-13(2)18/h4-11H,3,12H2,1-2H3. The van der Waals surface area contributed by atoms with Crippen molar-refractivity contribution in [2.45, 2.75) is 26.7 Å². The second-order valence-electron chi connectivity index (χ2n) is 4.55. The van der Waals surface area contributed by atoms with Gasteiger partial charge in [0.05, 0.1) is 0 Å². The van der Waals surface area contributed by atoms with E-state index in [4.69, 9.17) is 4.74 Å². The van der Waals surface area contributed by atoms with Gasteiger partial charge in [-0.15, -0.1) is 0 Å². The molecule has 19 heavy (non-hydrogen) atoms. The minimum Gasteiger partial charge on any atom is -0.426 e. The van der Waals surface area contributed by atoms with Crippen LogP contribution >= 0.6 is 0 Å².